The molecular formula is C17H18N4. The van der Waals surface area contributed by atoms with E-state index in [0.717, 1.165) is 28.1 Å². The maximum absolute atomic E-state index is 5.67. The topological polar surface area (TPSA) is 63.8 Å². The molecule has 0 saturated carbocycles. The van der Waals surface area contributed by atoms with Crippen LogP contribution in [0.15, 0.2) is 48.5 Å². The summed E-state index contributed by atoms with van der Waals surface area (Å²) in [5.41, 5.74) is 10.7. The molecular weight excluding hydrogens is 260 g/mol. The van der Waals surface area contributed by atoms with Crippen LogP contribution in [0, 0.1) is 6.92 Å². The maximum Gasteiger partial charge on any atom is 0.148 e. The van der Waals surface area contributed by atoms with E-state index in [-0.39, 0.29) is 0 Å². The monoisotopic (exact) mass is 278 g/mol. The van der Waals surface area contributed by atoms with E-state index in [4.69, 9.17) is 5.73 Å². The van der Waals surface area contributed by atoms with Gasteiger partial charge in [0.25, 0.3) is 0 Å². The second kappa shape index (κ2) is 5.89. The molecule has 3 aromatic rings. The minimum Gasteiger partial charge on any atom is -0.364 e. The van der Waals surface area contributed by atoms with Crippen molar-refractivity contribution >= 4 is 16.9 Å². The number of fused-ring (bicyclic) bond motifs is 1. The van der Waals surface area contributed by atoms with Gasteiger partial charge in [-0.05, 0) is 30.2 Å². The Morgan fingerprint density at radius 2 is 1.67 bits per heavy atom. The highest BCUT2D eigenvalue weighted by atomic mass is 15.0. The highest BCUT2D eigenvalue weighted by molar-refractivity contribution is 5.76. The normalized spacial score (nSPS) is 10.8. The summed E-state index contributed by atoms with van der Waals surface area (Å²) in [7, 11) is 0. The predicted octanol–water partition coefficient (Wildman–Crippen LogP) is 3.01. The number of rotatable bonds is 4. The molecule has 3 rings (SSSR count). The summed E-state index contributed by atoms with van der Waals surface area (Å²) in [5.74, 6) is 0.826. The van der Waals surface area contributed by atoms with Crippen LogP contribution in [0.1, 0.15) is 16.8 Å². The van der Waals surface area contributed by atoms with Crippen molar-refractivity contribution in [2.45, 2.75) is 20.0 Å². The van der Waals surface area contributed by atoms with Crippen molar-refractivity contribution in [1.82, 2.24) is 9.97 Å². The van der Waals surface area contributed by atoms with Gasteiger partial charge in [-0.1, -0.05) is 36.4 Å². The van der Waals surface area contributed by atoms with E-state index in [1.807, 2.05) is 43.3 Å². The number of benzene rings is 2. The Morgan fingerprint density at radius 1 is 0.952 bits per heavy atom. The SMILES string of the molecule is Cc1nc2ccccc2nc1NCc1cccc(CN)c1. The number of aromatic nitrogens is 2. The number of hydrogen-bond donors (Lipinski definition) is 2. The average Bonchev–Trinajstić information content (AvgIpc) is 2.53. The predicted molar refractivity (Wildman–Crippen MR) is 85.9 cm³/mol. The lowest BCUT2D eigenvalue weighted by atomic mass is 10.1. The van der Waals surface area contributed by atoms with Crippen molar-refractivity contribution in [3.05, 3.63) is 65.4 Å². The molecule has 0 saturated heterocycles. The van der Waals surface area contributed by atoms with Gasteiger partial charge in [0.05, 0.1) is 16.7 Å². The van der Waals surface area contributed by atoms with E-state index in [1.165, 1.54) is 5.56 Å². The van der Waals surface area contributed by atoms with Crippen LogP contribution in [0.25, 0.3) is 11.0 Å². The van der Waals surface area contributed by atoms with E-state index in [2.05, 4.69) is 27.4 Å². The largest absolute Gasteiger partial charge is 0.364 e. The molecule has 4 heteroatoms. The Kier molecular flexibility index (Phi) is 3.79. The van der Waals surface area contributed by atoms with Gasteiger partial charge in [-0.3, -0.25) is 0 Å². The van der Waals surface area contributed by atoms with Crippen LogP contribution in [-0.4, -0.2) is 9.97 Å². The molecule has 0 aliphatic rings. The molecule has 4 nitrogen and oxygen atoms in total. The molecule has 0 atom stereocenters. The summed E-state index contributed by atoms with van der Waals surface area (Å²) in [6.45, 7) is 3.24. The fourth-order valence-electron chi connectivity index (χ4n) is 2.31. The molecule has 21 heavy (non-hydrogen) atoms. The minimum atomic E-state index is 0.558. The molecule has 0 bridgehead atoms. The molecule has 0 aliphatic heterocycles. The number of nitrogens with zero attached hydrogens (tertiary/aromatic N) is 2. The Hall–Kier alpha value is -2.46. The van der Waals surface area contributed by atoms with Crippen LogP contribution >= 0.6 is 0 Å². The lowest BCUT2D eigenvalue weighted by Gasteiger charge is -2.10. The van der Waals surface area contributed by atoms with Crippen molar-refractivity contribution in [1.29, 1.82) is 0 Å². The van der Waals surface area contributed by atoms with E-state index < -0.39 is 0 Å². The molecule has 106 valence electrons. The fraction of sp³-hybridized carbons (Fsp3) is 0.176. The summed E-state index contributed by atoms with van der Waals surface area (Å²) < 4.78 is 0. The molecule has 0 unspecified atom stereocenters. The molecule has 1 heterocycles. The number of hydrogen-bond acceptors (Lipinski definition) is 4. The second-order valence-corrected chi connectivity index (χ2v) is 5.02. The fourth-order valence-corrected chi connectivity index (χ4v) is 2.31. The van der Waals surface area contributed by atoms with Gasteiger partial charge in [-0.2, -0.15) is 0 Å². The third kappa shape index (κ3) is 3.01. The first-order valence-electron chi connectivity index (χ1n) is 7.01. The molecule has 1 aromatic heterocycles. The molecule has 0 fully saturated rings. The lowest BCUT2D eigenvalue weighted by Crippen LogP contribution is -2.06. The van der Waals surface area contributed by atoms with Crippen molar-refractivity contribution in [2.24, 2.45) is 5.73 Å². The zero-order chi connectivity index (χ0) is 14.7. The van der Waals surface area contributed by atoms with Crippen LogP contribution < -0.4 is 11.1 Å². The smallest absolute Gasteiger partial charge is 0.148 e. The molecule has 0 spiro atoms. The standard InChI is InChI=1S/C17H18N4/c1-12-17(21-16-8-3-2-7-15(16)20-12)19-11-14-6-4-5-13(9-14)10-18/h2-9H,10-11,18H2,1H3,(H,19,21). The minimum absolute atomic E-state index is 0.558. The Morgan fingerprint density at radius 3 is 2.43 bits per heavy atom. The van der Waals surface area contributed by atoms with Crippen LogP contribution in [0.3, 0.4) is 0 Å². The first-order chi connectivity index (χ1) is 10.3. The molecule has 3 N–H and O–H groups in total. The number of anilines is 1. The van der Waals surface area contributed by atoms with Crippen LogP contribution in [0.2, 0.25) is 0 Å². The summed E-state index contributed by atoms with van der Waals surface area (Å²) >= 11 is 0. The molecule has 2 aromatic carbocycles. The van der Waals surface area contributed by atoms with Gasteiger partial charge in [0.2, 0.25) is 0 Å². The zero-order valence-corrected chi connectivity index (χ0v) is 12.0. The van der Waals surface area contributed by atoms with Gasteiger partial charge >= 0.3 is 0 Å². The molecule has 0 aliphatic carbocycles. The summed E-state index contributed by atoms with van der Waals surface area (Å²) in [5, 5.41) is 3.36. The second-order valence-electron chi connectivity index (χ2n) is 5.02. The van der Waals surface area contributed by atoms with E-state index in [9.17, 15) is 0 Å². The van der Waals surface area contributed by atoms with Gasteiger partial charge in [0, 0.05) is 13.1 Å². The molecule has 0 radical (unpaired) electrons. The van der Waals surface area contributed by atoms with Gasteiger partial charge in [0.1, 0.15) is 5.82 Å². The summed E-state index contributed by atoms with van der Waals surface area (Å²) in [6.07, 6.45) is 0. The van der Waals surface area contributed by atoms with Crippen molar-refractivity contribution in [3.8, 4) is 0 Å². The van der Waals surface area contributed by atoms with Crippen molar-refractivity contribution < 1.29 is 0 Å². The van der Waals surface area contributed by atoms with Crippen LogP contribution in [0.5, 0.6) is 0 Å². The zero-order valence-electron chi connectivity index (χ0n) is 12.0. The first-order valence-corrected chi connectivity index (χ1v) is 7.01. The third-order valence-corrected chi connectivity index (χ3v) is 3.43. The van der Waals surface area contributed by atoms with Crippen molar-refractivity contribution in [2.75, 3.05) is 5.32 Å². The molecule has 0 amide bonds. The van der Waals surface area contributed by atoms with Gasteiger partial charge < -0.3 is 11.1 Å². The lowest BCUT2D eigenvalue weighted by molar-refractivity contribution is 1.04. The number of nitrogens with one attached hydrogen (secondary N) is 1. The van der Waals surface area contributed by atoms with E-state index >= 15 is 0 Å². The first kappa shape index (κ1) is 13.5. The summed E-state index contributed by atoms with van der Waals surface area (Å²) in [6, 6.07) is 16.1. The average molecular weight is 278 g/mol. The van der Waals surface area contributed by atoms with Gasteiger partial charge in [-0.25, -0.2) is 9.97 Å². The maximum atomic E-state index is 5.67. The number of para-hydroxylation sites is 2. The van der Waals surface area contributed by atoms with Crippen molar-refractivity contribution in [3.63, 3.8) is 0 Å². The Balaban J connectivity index is 1.82. The van der Waals surface area contributed by atoms with Gasteiger partial charge in [-0.15, -0.1) is 0 Å². The quantitative estimate of drug-likeness (QED) is 0.770. The number of nitrogens with two attached hydrogens (primary N) is 1. The Bertz CT molecular complexity index is 768. The van der Waals surface area contributed by atoms with Crippen LogP contribution in [-0.2, 0) is 13.1 Å². The summed E-state index contributed by atoms with van der Waals surface area (Å²) in [4.78, 5) is 9.21. The Labute approximate surface area is 124 Å². The van der Waals surface area contributed by atoms with E-state index in [1.54, 1.807) is 0 Å². The number of aryl methyl sites for hydroxylation is 1. The van der Waals surface area contributed by atoms with Gasteiger partial charge in [0.15, 0.2) is 0 Å². The highest BCUT2D eigenvalue weighted by Crippen LogP contribution is 2.17. The highest BCUT2D eigenvalue weighted by Gasteiger charge is 2.04. The van der Waals surface area contributed by atoms with Crippen LogP contribution in [0.4, 0.5) is 5.82 Å². The van der Waals surface area contributed by atoms with E-state index in [0.29, 0.717) is 13.1 Å². The third-order valence-electron chi connectivity index (χ3n) is 3.43.